The fourth-order valence-corrected chi connectivity index (χ4v) is 2.48. The van der Waals surface area contributed by atoms with Crippen LogP contribution in [0.4, 0.5) is 5.69 Å². The number of carboxylic acid groups (broad SMARTS) is 1. The van der Waals surface area contributed by atoms with Crippen LogP contribution in [0.3, 0.4) is 0 Å². The second-order valence-electron chi connectivity index (χ2n) is 4.64. The van der Waals surface area contributed by atoms with Crippen molar-refractivity contribution in [1.82, 2.24) is 0 Å². The van der Waals surface area contributed by atoms with Crippen LogP contribution in [0.1, 0.15) is 21.5 Å². The van der Waals surface area contributed by atoms with E-state index in [1.165, 1.54) is 0 Å². The number of carboxylic acids is 1. The average molecular weight is 350 g/mol. The third kappa shape index (κ3) is 3.76. The van der Waals surface area contributed by atoms with Crippen molar-refractivity contribution in [3.63, 3.8) is 0 Å². The molecule has 21 heavy (non-hydrogen) atoms. The fourth-order valence-electron chi connectivity index (χ4n) is 2.07. The van der Waals surface area contributed by atoms with Crippen LogP contribution in [-0.4, -0.2) is 18.2 Å². The highest BCUT2D eigenvalue weighted by Crippen LogP contribution is 2.25. The second kappa shape index (κ2) is 6.63. The zero-order valence-corrected chi connectivity index (χ0v) is 13.4. The topological polar surface area (TPSA) is 58.6 Å². The van der Waals surface area contributed by atoms with Crippen LogP contribution in [0.5, 0.6) is 5.75 Å². The number of hydrogen-bond donors (Lipinski definition) is 2. The summed E-state index contributed by atoms with van der Waals surface area (Å²) in [6.07, 6.45) is 0. The molecular formula is C16H16BrNO3. The first kappa shape index (κ1) is 15.4. The minimum Gasteiger partial charge on any atom is -0.496 e. The molecule has 2 N–H and O–H groups in total. The van der Waals surface area contributed by atoms with Crippen molar-refractivity contribution in [3.8, 4) is 5.75 Å². The van der Waals surface area contributed by atoms with Crippen LogP contribution in [-0.2, 0) is 6.54 Å². The number of rotatable bonds is 5. The lowest BCUT2D eigenvalue weighted by Crippen LogP contribution is -2.04. The molecule has 0 aromatic heterocycles. The molecule has 0 radical (unpaired) electrons. The van der Waals surface area contributed by atoms with Gasteiger partial charge in [-0.15, -0.1) is 0 Å². The van der Waals surface area contributed by atoms with Crippen molar-refractivity contribution >= 4 is 27.6 Å². The predicted octanol–water partition coefficient (Wildman–Crippen LogP) is 4.08. The number of methoxy groups -OCH3 is 1. The molecule has 4 nitrogen and oxygen atoms in total. The Labute approximate surface area is 131 Å². The van der Waals surface area contributed by atoms with E-state index in [4.69, 9.17) is 9.84 Å². The third-order valence-electron chi connectivity index (χ3n) is 3.19. The van der Waals surface area contributed by atoms with Gasteiger partial charge >= 0.3 is 5.97 Å². The summed E-state index contributed by atoms with van der Waals surface area (Å²) in [5.74, 6) is -0.108. The van der Waals surface area contributed by atoms with E-state index in [-0.39, 0.29) is 5.56 Å². The van der Waals surface area contributed by atoms with Crippen LogP contribution in [0.25, 0.3) is 0 Å². The van der Waals surface area contributed by atoms with Crippen LogP contribution < -0.4 is 10.1 Å². The number of ether oxygens (including phenoxy) is 1. The Bertz CT molecular complexity index is 671. The number of nitrogens with one attached hydrogen (secondary N) is 1. The van der Waals surface area contributed by atoms with Crippen molar-refractivity contribution in [1.29, 1.82) is 0 Å². The molecule has 110 valence electrons. The Morgan fingerprint density at radius 3 is 2.67 bits per heavy atom. The van der Waals surface area contributed by atoms with Crippen molar-refractivity contribution in [3.05, 3.63) is 57.6 Å². The summed E-state index contributed by atoms with van der Waals surface area (Å²) in [6.45, 7) is 2.47. The highest BCUT2D eigenvalue weighted by Gasteiger charge is 2.07. The standard InChI is InChI=1S/C16H16BrNO3/c1-10-7-11(16(19)20)3-5-14(10)18-9-12-8-13(17)4-6-15(12)21-2/h3-8,18H,9H2,1-2H3,(H,19,20). The van der Waals surface area contributed by atoms with Gasteiger partial charge in [-0.25, -0.2) is 4.79 Å². The van der Waals surface area contributed by atoms with E-state index in [2.05, 4.69) is 21.2 Å². The summed E-state index contributed by atoms with van der Waals surface area (Å²) >= 11 is 3.44. The van der Waals surface area contributed by atoms with Gasteiger partial charge in [-0.05, 0) is 48.9 Å². The molecule has 0 aliphatic rings. The highest BCUT2D eigenvalue weighted by atomic mass is 79.9. The van der Waals surface area contributed by atoms with Gasteiger partial charge in [-0.1, -0.05) is 15.9 Å². The fraction of sp³-hybridized carbons (Fsp3) is 0.188. The molecule has 0 spiro atoms. The molecular weight excluding hydrogens is 334 g/mol. The smallest absolute Gasteiger partial charge is 0.335 e. The van der Waals surface area contributed by atoms with E-state index in [1.54, 1.807) is 25.3 Å². The first-order chi connectivity index (χ1) is 10.0. The summed E-state index contributed by atoms with van der Waals surface area (Å²) in [4.78, 5) is 10.9. The van der Waals surface area contributed by atoms with E-state index in [9.17, 15) is 4.79 Å². The third-order valence-corrected chi connectivity index (χ3v) is 3.68. The lowest BCUT2D eigenvalue weighted by atomic mass is 10.1. The van der Waals surface area contributed by atoms with Crippen molar-refractivity contribution in [2.24, 2.45) is 0 Å². The van der Waals surface area contributed by atoms with Crippen LogP contribution >= 0.6 is 15.9 Å². The Morgan fingerprint density at radius 2 is 2.05 bits per heavy atom. The normalized spacial score (nSPS) is 10.2. The average Bonchev–Trinajstić information content (AvgIpc) is 2.46. The maximum Gasteiger partial charge on any atom is 0.335 e. The summed E-state index contributed by atoms with van der Waals surface area (Å²) in [5, 5.41) is 12.3. The summed E-state index contributed by atoms with van der Waals surface area (Å²) in [6, 6.07) is 10.9. The Kier molecular flexibility index (Phi) is 4.85. The number of anilines is 1. The monoisotopic (exact) mass is 349 g/mol. The van der Waals surface area contributed by atoms with Gasteiger partial charge < -0.3 is 15.2 Å². The van der Waals surface area contributed by atoms with Gasteiger partial charge in [0, 0.05) is 22.3 Å². The molecule has 0 aliphatic carbocycles. The number of carbonyl (C=O) groups is 1. The molecule has 0 unspecified atom stereocenters. The molecule has 0 saturated heterocycles. The quantitative estimate of drug-likeness (QED) is 0.853. The zero-order chi connectivity index (χ0) is 15.4. The molecule has 0 heterocycles. The molecule has 0 atom stereocenters. The number of benzene rings is 2. The molecule has 0 fully saturated rings. The zero-order valence-electron chi connectivity index (χ0n) is 11.8. The molecule has 5 heteroatoms. The maximum absolute atomic E-state index is 10.9. The molecule has 0 amide bonds. The van der Waals surface area contributed by atoms with Crippen molar-refractivity contribution in [2.45, 2.75) is 13.5 Å². The number of aromatic carboxylic acids is 1. The molecule has 0 bridgehead atoms. The molecule has 2 aromatic rings. The SMILES string of the molecule is COc1ccc(Br)cc1CNc1ccc(C(=O)O)cc1C. The second-order valence-corrected chi connectivity index (χ2v) is 5.56. The molecule has 0 aliphatic heterocycles. The Balaban J connectivity index is 2.17. The van der Waals surface area contributed by atoms with Gasteiger partial charge in [-0.3, -0.25) is 0 Å². The van der Waals surface area contributed by atoms with Gasteiger partial charge in [0.2, 0.25) is 0 Å². The van der Waals surface area contributed by atoms with Gasteiger partial charge in [0.1, 0.15) is 5.75 Å². The van der Waals surface area contributed by atoms with Crippen LogP contribution in [0.2, 0.25) is 0 Å². The lowest BCUT2D eigenvalue weighted by molar-refractivity contribution is 0.0697. The van der Waals surface area contributed by atoms with Gasteiger partial charge in [-0.2, -0.15) is 0 Å². The highest BCUT2D eigenvalue weighted by molar-refractivity contribution is 9.10. The molecule has 2 rings (SSSR count). The van der Waals surface area contributed by atoms with E-state index < -0.39 is 5.97 Å². The Morgan fingerprint density at radius 1 is 1.29 bits per heavy atom. The largest absolute Gasteiger partial charge is 0.496 e. The van der Waals surface area contributed by atoms with Gasteiger partial charge in [0.25, 0.3) is 0 Å². The van der Waals surface area contributed by atoms with E-state index in [0.29, 0.717) is 6.54 Å². The molecule has 2 aromatic carbocycles. The van der Waals surface area contributed by atoms with Crippen molar-refractivity contribution < 1.29 is 14.6 Å². The summed E-state index contributed by atoms with van der Waals surface area (Å²) < 4.78 is 6.32. The lowest BCUT2D eigenvalue weighted by Gasteiger charge is -2.13. The van der Waals surface area contributed by atoms with E-state index >= 15 is 0 Å². The van der Waals surface area contributed by atoms with Crippen LogP contribution in [0, 0.1) is 6.92 Å². The first-order valence-electron chi connectivity index (χ1n) is 6.41. The van der Waals surface area contributed by atoms with Crippen LogP contribution in [0.15, 0.2) is 40.9 Å². The first-order valence-corrected chi connectivity index (χ1v) is 7.21. The number of halogens is 1. The number of hydrogen-bond acceptors (Lipinski definition) is 3. The van der Waals surface area contributed by atoms with E-state index in [0.717, 1.165) is 27.0 Å². The number of aryl methyl sites for hydroxylation is 1. The molecule has 0 saturated carbocycles. The minimum absolute atomic E-state index is 0.290. The van der Waals surface area contributed by atoms with E-state index in [1.807, 2.05) is 25.1 Å². The maximum atomic E-state index is 10.9. The minimum atomic E-state index is -0.918. The summed E-state index contributed by atoms with van der Waals surface area (Å²) in [7, 11) is 1.64. The predicted molar refractivity (Wildman–Crippen MR) is 86.2 cm³/mol. The summed E-state index contributed by atoms with van der Waals surface area (Å²) in [5.41, 5.74) is 3.11. The van der Waals surface area contributed by atoms with Crippen molar-refractivity contribution in [2.75, 3.05) is 12.4 Å². The van der Waals surface area contributed by atoms with Gasteiger partial charge in [0.05, 0.1) is 12.7 Å². The Hall–Kier alpha value is -2.01. The van der Waals surface area contributed by atoms with Gasteiger partial charge in [0.15, 0.2) is 0 Å².